The standard InChI is InChI=1S/C14H17N3O2S/c1-18-13-10(11-7-16-17-14(11)15)3-2-4-12(13)19-9-5-6-20-8-9/h2-4,7,9H,5-6,8H2,1H3,(H3,15,16,17). The molecule has 0 radical (unpaired) electrons. The van der Waals surface area contributed by atoms with Gasteiger partial charge in [-0.1, -0.05) is 12.1 Å². The smallest absolute Gasteiger partial charge is 0.168 e. The Balaban J connectivity index is 1.97. The lowest BCUT2D eigenvalue weighted by Gasteiger charge is -2.17. The first kappa shape index (κ1) is 13.2. The fourth-order valence-electron chi connectivity index (χ4n) is 2.33. The first-order valence-electron chi connectivity index (χ1n) is 6.50. The Morgan fingerprint density at radius 1 is 1.40 bits per heavy atom. The Labute approximate surface area is 121 Å². The van der Waals surface area contributed by atoms with Gasteiger partial charge in [0.2, 0.25) is 0 Å². The second kappa shape index (κ2) is 5.66. The molecule has 6 heteroatoms. The maximum Gasteiger partial charge on any atom is 0.168 e. The summed E-state index contributed by atoms with van der Waals surface area (Å²) in [6.07, 6.45) is 3.03. The van der Waals surface area contributed by atoms with Crippen molar-refractivity contribution in [1.29, 1.82) is 0 Å². The second-order valence-corrected chi connectivity index (χ2v) is 5.79. The highest BCUT2D eigenvalue weighted by Crippen LogP contribution is 2.40. The molecule has 106 valence electrons. The molecule has 0 spiro atoms. The number of hydrogen-bond acceptors (Lipinski definition) is 5. The van der Waals surface area contributed by atoms with E-state index in [-0.39, 0.29) is 6.10 Å². The number of nitrogens with zero attached hydrogens (tertiary/aromatic N) is 1. The highest BCUT2D eigenvalue weighted by Gasteiger charge is 2.21. The van der Waals surface area contributed by atoms with Gasteiger partial charge in [-0.15, -0.1) is 0 Å². The zero-order valence-corrected chi connectivity index (χ0v) is 12.1. The van der Waals surface area contributed by atoms with E-state index in [1.54, 1.807) is 13.3 Å². The van der Waals surface area contributed by atoms with Gasteiger partial charge in [-0.25, -0.2) is 0 Å². The van der Waals surface area contributed by atoms with Crippen LogP contribution in [-0.2, 0) is 0 Å². The highest BCUT2D eigenvalue weighted by atomic mass is 32.2. The number of aromatic nitrogens is 2. The van der Waals surface area contributed by atoms with Crippen LogP contribution in [0.3, 0.4) is 0 Å². The van der Waals surface area contributed by atoms with Gasteiger partial charge < -0.3 is 15.2 Å². The van der Waals surface area contributed by atoms with Gasteiger partial charge in [0.25, 0.3) is 0 Å². The first-order chi connectivity index (χ1) is 9.79. The Morgan fingerprint density at radius 3 is 2.95 bits per heavy atom. The van der Waals surface area contributed by atoms with E-state index < -0.39 is 0 Å². The summed E-state index contributed by atoms with van der Waals surface area (Å²) >= 11 is 1.92. The number of nitrogens with one attached hydrogen (secondary N) is 1. The minimum absolute atomic E-state index is 0.255. The van der Waals surface area contributed by atoms with Gasteiger partial charge in [0.15, 0.2) is 11.5 Å². The molecule has 2 aromatic rings. The number of para-hydroxylation sites is 1. The Hall–Kier alpha value is -1.82. The summed E-state index contributed by atoms with van der Waals surface area (Å²) in [6, 6.07) is 5.83. The fraction of sp³-hybridized carbons (Fsp3) is 0.357. The molecule has 1 aliphatic rings. The number of rotatable bonds is 4. The van der Waals surface area contributed by atoms with E-state index in [0.717, 1.165) is 34.8 Å². The maximum atomic E-state index is 6.06. The first-order valence-corrected chi connectivity index (χ1v) is 7.65. The zero-order valence-electron chi connectivity index (χ0n) is 11.3. The molecular weight excluding hydrogens is 274 g/mol. The van der Waals surface area contributed by atoms with Crippen LogP contribution in [0.2, 0.25) is 0 Å². The molecule has 1 unspecified atom stereocenters. The number of anilines is 1. The van der Waals surface area contributed by atoms with Crippen LogP contribution < -0.4 is 15.2 Å². The van der Waals surface area contributed by atoms with E-state index in [9.17, 15) is 0 Å². The third-order valence-electron chi connectivity index (χ3n) is 3.32. The lowest BCUT2D eigenvalue weighted by Crippen LogP contribution is -2.15. The zero-order chi connectivity index (χ0) is 13.9. The number of benzene rings is 1. The maximum absolute atomic E-state index is 6.06. The Morgan fingerprint density at radius 2 is 2.30 bits per heavy atom. The average molecular weight is 291 g/mol. The summed E-state index contributed by atoms with van der Waals surface area (Å²) in [5, 5.41) is 6.70. The lowest BCUT2D eigenvalue weighted by atomic mass is 10.1. The SMILES string of the molecule is COc1c(OC2CCSC2)cccc1-c1cn[nH]c1N. The number of H-pyrrole nitrogens is 1. The predicted octanol–water partition coefficient (Wildman–Crippen LogP) is 2.55. The quantitative estimate of drug-likeness (QED) is 0.905. The van der Waals surface area contributed by atoms with E-state index in [0.29, 0.717) is 11.6 Å². The van der Waals surface area contributed by atoms with Gasteiger partial charge in [-0.2, -0.15) is 16.9 Å². The lowest BCUT2D eigenvalue weighted by molar-refractivity contribution is 0.219. The number of nitrogen functional groups attached to an aromatic ring is 1. The fourth-order valence-corrected chi connectivity index (χ4v) is 3.42. The van der Waals surface area contributed by atoms with Crippen molar-refractivity contribution in [2.45, 2.75) is 12.5 Å². The van der Waals surface area contributed by atoms with Crippen molar-refractivity contribution in [3.8, 4) is 22.6 Å². The molecule has 1 fully saturated rings. The number of nitrogens with two attached hydrogens (primary N) is 1. The number of thioether (sulfide) groups is 1. The predicted molar refractivity (Wildman–Crippen MR) is 81.3 cm³/mol. The van der Waals surface area contributed by atoms with Crippen molar-refractivity contribution in [3.63, 3.8) is 0 Å². The topological polar surface area (TPSA) is 73.2 Å². The average Bonchev–Trinajstić information content (AvgIpc) is 3.10. The van der Waals surface area contributed by atoms with E-state index in [1.165, 1.54) is 0 Å². The van der Waals surface area contributed by atoms with Gasteiger partial charge >= 0.3 is 0 Å². The summed E-state index contributed by atoms with van der Waals surface area (Å²) in [5.74, 6) is 4.18. The molecule has 1 aliphatic heterocycles. The molecule has 0 bridgehead atoms. The van der Waals surface area contributed by atoms with Crippen LogP contribution in [0.4, 0.5) is 5.82 Å². The third kappa shape index (κ3) is 2.43. The molecule has 1 atom stereocenters. The summed E-state index contributed by atoms with van der Waals surface area (Å²) < 4.78 is 11.6. The summed E-state index contributed by atoms with van der Waals surface area (Å²) in [5.41, 5.74) is 7.61. The molecule has 3 N–H and O–H groups in total. The normalized spacial score (nSPS) is 18.1. The van der Waals surface area contributed by atoms with Crippen molar-refractivity contribution in [3.05, 3.63) is 24.4 Å². The highest BCUT2D eigenvalue weighted by molar-refractivity contribution is 7.99. The molecular formula is C14H17N3O2S. The van der Waals surface area contributed by atoms with Crippen molar-refractivity contribution in [1.82, 2.24) is 10.2 Å². The minimum atomic E-state index is 0.255. The monoisotopic (exact) mass is 291 g/mol. The van der Waals surface area contributed by atoms with Gasteiger partial charge in [0.05, 0.1) is 13.3 Å². The third-order valence-corrected chi connectivity index (χ3v) is 4.46. The molecule has 0 aliphatic carbocycles. The number of aromatic amines is 1. The van der Waals surface area contributed by atoms with E-state index >= 15 is 0 Å². The number of ether oxygens (including phenoxy) is 2. The summed E-state index contributed by atoms with van der Waals surface area (Å²) in [4.78, 5) is 0. The van der Waals surface area contributed by atoms with Crippen molar-refractivity contribution in [2.75, 3.05) is 24.3 Å². The van der Waals surface area contributed by atoms with Gasteiger partial charge in [0, 0.05) is 16.9 Å². The largest absolute Gasteiger partial charge is 0.492 e. The van der Waals surface area contributed by atoms with Crippen LogP contribution in [0.15, 0.2) is 24.4 Å². The molecule has 1 aromatic heterocycles. The Kier molecular flexibility index (Phi) is 3.73. The molecule has 2 heterocycles. The van der Waals surface area contributed by atoms with Crippen LogP contribution in [0.1, 0.15) is 6.42 Å². The van der Waals surface area contributed by atoms with Crippen LogP contribution in [-0.4, -0.2) is 34.9 Å². The van der Waals surface area contributed by atoms with E-state index in [4.69, 9.17) is 15.2 Å². The number of hydrogen-bond donors (Lipinski definition) is 2. The van der Waals surface area contributed by atoms with Crippen molar-refractivity contribution in [2.24, 2.45) is 0 Å². The van der Waals surface area contributed by atoms with Crippen LogP contribution >= 0.6 is 11.8 Å². The summed E-state index contributed by atoms with van der Waals surface area (Å²) in [7, 11) is 1.64. The number of methoxy groups -OCH3 is 1. The molecule has 20 heavy (non-hydrogen) atoms. The van der Waals surface area contributed by atoms with Crippen molar-refractivity contribution >= 4 is 17.6 Å². The van der Waals surface area contributed by atoms with Crippen LogP contribution in [0.25, 0.3) is 11.1 Å². The van der Waals surface area contributed by atoms with E-state index in [2.05, 4.69) is 10.2 Å². The molecule has 3 rings (SSSR count). The minimum Gasteiger partial charge on any atom is -0.492 e. The van der Waals surface area contributed by atoms with Crippen LogP contribution in [0.5, 0.6) is 11.5 Å². The van der Waals surface area contributed by atoms with Crippen LogP contribution in [0, 0.1) is 0 Å². The molecule has 5 nitrogen and oxygen atoms in total. The summed E-state index contributed by atoms with van der Waals surface area (Å²) in [6.45, 7) is 0. The molecule has 1 aromatic carbocycles. The van der Waals surface area contributed by atoms with Gasteiger partial charge in [0.1, 0.15) is 11.9 Å². The van der Waals surface area contributed by atoms with Crippen molar-refractivity contribution < 1.29 is 9.47 Å². The molecule has 0 saturated carbocycles. The molecule has 1 saturated heterocycles. The second-order valence-electron chi connectivity index (χ2n) is 4.64. The Bertz CT molecular complexity index is 594. The van der Waals surface area contributed by atoms with Gasteiger partial charge in [-0.3, -0.25) is 5.10 Å². The molecule has 0 amide bonds. The van der Waals surface area contributed by atoms with E-state index in [1.807, 2.05) is 30.0 Å². The van der Waals surface area contributed by atoms with Gasteiger partial charge in [-0.05, 0) is 18.2 Å².